The Morgan fingerprint density at radius 2 is 1.67 bits per heavy atom. The maximum atomic E-state index is 12.7. The Bertz CT molecular complexity index is 912. The van der Waals surface area contributed by atoms with Crippen LogP contribution in [0.15, 0.2) is 67.0 Å². The Morgan fingerprint density at radius 1 is 0.963 bits per heavy atom. The van der Waals surface area contributed by atoms with Gasteiger partial charge in [-0.1, -0.05) is 36.4 Å². The lowest BCUT2D eigenvalue weighted by Gasteiger charge is -2.10. The highest BCUT2D eigenvalue weighted by atomic mass is 19.4. The molecular weight excluding hydrogens is 357 g/mol. The van der Waals surface area contributed by atoms with Gasteiger partial charge in [0.05, 0.1) is 11.1 Å². The van der Waals surface area contributed by atoms with Crippen molar-refractivity contribution in [3.8, 4) is 0 Å². The number of anilines is 2. The van der Waals surface area contributed by atoms with Crippen LogP contribution in [0, 0.1) is 0 Å². The summed E-state index contributed by atoms with van der Waals surface area (Å²) < 4.78 is 38.2. The van der Waals surface area contributed by atoms with Crippen LogP contribution in [0.25, 0.3) is 0 Å². The molecule has 1 aromatic heterocycles. The summed E-state index contributed by atoms with van der Waals surface area (Å²) >= 11 is 0. The molecule has 0 saturated heterocycles. The number of benzene rings is 2. The van der Waals surface area contributed by atoms with Gasteiger partial charge in [-0.25, -0.2) is 9.97 Å². The van der Waals surface area contributed by atoms with Crippen molar-refractivity contribution >= 4 is 17.5 Å². The van der Waals surface area contributed by atoms with Gasteiger partial charge in [0.25, 0.3) is 5.91 Å². The number of rotatable bonds is 5. The third-order valence-corrected chi connectivity index (χ3v) is 3.66. The summed E-state index contributed by atoms with van der Waals surface area (Å²) in [5, 5.41) is 5.43. The molecule has 0 aliphatic carbocycles. The van der Waals surface area contributed by atoms with Crippen LogP contribution in [-0.4, -0.2) is 15.9 Å². The monoisotopic (exact) mass is 372 g/mol. The van der Waals surface area contributed by atoms with Crippen molar-refractivity contribution in [3.63, 3.8) is 0 Å². The summed E-state index contributed by atoms with van der Waals surface area (Å²) in [6.45, 7) is 0.365. The Hall–Kier alpha value is -3.42. The number of carbonyl (C=O) groups is 1. The van der Waals surface area contributed by atoms with Crippen molar-refractivity contribution in [2.75, 3.05) is 5.32 Å². The van der Waals surface area contributed by atoms with E-state index in [1.54, 1.807) is 0 Å². The maximum absolute atomic E-state index is 12.7. The van der Waals surface area contributed by atoms with Gasteiger partial charge in [-0.2, -0.15) is 13.2 Å². The van der Waals surface area contributed by atoms with Gasteiger partial charge in [0.2, 0.25) is 5.95 Å². The van der Waals surface area contributed by atoms with Crippen LogP contribution >= 0.6 is 0 Å². The molecule has 3 rings (SSSR count). The molecule has 1 amide bonds. The smallest absolute Gasteiger partial charge is 0.348 e. The second-order valence-electron chi connectivity index (χ2n) is 5.67. The molecule has 2 N–H and O–H groups in total. The fourth-order valence-electron chi connectivity index (χ4n) is 2.29. The predicted molar refractivity (Wildman–Crippen MR) is 94.4 cm³/mol. The summed E-state index contributed by atoms with van der Waals surface area (Å²) in [5.74, 6) is -0.251. The van der Waals surface area contributed by atoms with Crippen LogP contribution in [0.5, 0.6) is 0 Å². The second-order valence-corrected chi connectivity index (χ2v) is 5.67. The molecule has 1 heterocycles. The van der Waals surface area contributed by atoms with Gasteiger partial charge < -0.3 is 10.6 Å². The number of nitrogens with one attached hydrogen (secondary N) is 2. The minimum absolute atomic E-state index is 0.0916. The van der Waals surface area contributed by atoms with E-state index in [-0.39, 0.29) is 23.1 Å². The molecule has 0 saturated carbocycles. The Balaban J connectivity index is 1.62. The molecule has 0 radical (unpaired) electrons. The van der Waals surface area contributed by atoms with Crippen molar-refractivity contribution in [2.24, 2.45) is 0 Å². The van der Waals surface area contributed by atoms with E-state index in [2.05, 4.69) is 20.6 Å². The molecule has 8 heteroatoms. The number of amides is 1. The molecular formula is C19H15F3N4O. The van der Waals surface area contributed by atoms with Crippen molar-refractivity contribution < 1.29 is 18.0 Å². The van der Waals surface area contributed by atoms with E-state index in [9.17, 15) is 18.0 Å². The highest BCUT2D eigenvalue weighted by Gasteiger charge is 2.30. The van der Waals surface area contributed by atoms with Gasteiger partial charge >= 0.3 is 6.18 Å². The van der Waals surface area contributed by atoms with Gasteiger partial charge in [-0.05, 0) is 23.8 Å². The summed E-state index contributed by atoms with van der Waals surface area (Å²) in [6.07, 6.45) is -1.81. The van der Waals surface area contributed by atoms with Crippen LogP contribution in [0.4, 0.5) is 24.8 Å². The highest BCUT2D eigenvalue weighted by molar-refractivity contribution is 5.93. The van der Waals surface area contributed by atoms with E-state index >= 15 is 0 Å². The molecule has 0 atom stereocenters. The van der Waals surface area contributed by atoms with Crippen LogP contribution in [0.1, 0.15) is 21.5 Å². The fourth-order valence-corrected chi connectivity index (χ4v) is 2.29. The van der Waals surface area contributed by atoms with Gasteiger partial charge in [-0.3, -0.25) is 4.79 Å². The van der Waals surface area contributed by atoms with Gasteiger partial charge in [0, 0.05) is 24.6 Å². The van der Waals surface area contributed by atoms with Crippen LogP contribution in [0.3, 0.4) is 0 Å². The molecule has 0 aliphatic heterocycles. The standard InChI is InChI=1S/C19H15F3N4O/c20-19(21,22)15-7-4-8-16(9-15)26-18-24-11-14(12-25-18)17(27)23-10-13-5-2-1-3-6-13/h1-9,11-12H,10H2,(H,23,27)(H,24,25,26). The van der Waals surface area contributed by atoms with E-state index in [1.807, 2.05) is 30.3 Å². The molecule has 138 valence electrons. The lowest BCUT2D eigenvalue weighted by atomic mass is 10.2. The van der Waals surface area contributed by atoms with Crippen LogP contribution in [0.2, 0.25) is 0 Å². The van der Waals surface area contributed by atoms with Crippen LogP contribution in [-0.2, 0) is 12.7 Å². The summed E-state index contributed by atoms with van der Waals surface area (Å²) in [5.41, 5.74) is 0.630. The summed E-state index contributed by atoms with van der Waals surface area (Å²) in [7, 11) is 0. The number of halogens is 3. The van der Waals surface area contributed by atoms with E-state index in [1.165, 1.54) is 24.5 Å². The predicted octanol–water partition coefficient (Wildman–Crippen LogP) is 4.17. The average molecular weight is 372 g/mol. The summed E-state index contributed by atoms with van der Waals surface area (Å²) in [6, 6.07) is 14.1. The lowest BCUT2D eigenvalue weighted by Crippen LogP contribution is -2.23. The van der Waals surface area contributed by atoms with Gasteiger partial charge in [0.15, 0.2) is 0 Å². The maximum Gasteiger partial charge on any atom is 0.416 e. The van der Waals surface area contributed by atoms with E-state index in [0.717, 1.165) is 17.7 Å². The van der Waals surface area contributed by atoms with Crippen molar-refractivity contribution in [3.05, 3.63) is 83.7 Å². The molecule has 0 spiro atoms. The van der Waals surface area contributed by atoms with E-state index < -0.39 is 11.7 Å². The first-order chi connectivity index (χ1) is 12.9. The third kappa shape index (κ3) is 5.04. The quantitative estimate of drug-likeness (QED) is 0.706. The molecule has 5 nitrogen and oxygen atoms in total. The molecule has 0 unspecified atom stereocenters. The Labute approximate surface area is 153 Å². The van der Waals surface area contributed by atoms with E-state index in [0.29, 0.717) is 6.54 Å². The summed E-state index contributed by atoms with van der Waals surface area (Å²) in [4.78, 5) is 20.1. The Morgan fingerprint density at radius 3 is 2.33 bits per heavy atom. The number of carbonyl (C=O) groups excluding carboxylic acids is 1. The zero-order valence-electron chi connectivity index (χ0n) is 14.0. The molecule has 0 bridgehead atoms. The fraction of sp³-hybridized carbons (Fsp3) is 0.105. The topological polar surface area (TPSA) is 66.9 Å². The second kappa shape index (κ2) is 7.86. The minimum atomic E-state index is -4.43. The minimum Gasteiger partial charge on any atom is -0.348 e. The van der Waals surface area contributed by atoms with Crippen molar-refractivity contribution in [1.82, 2.24) is 15.3 Å². The lowest BCUT2D eigenvalue weighted by molar-refractivity contribution is -0.137. The molecule has 0 aliphatic rings. The molecule has 3 aromatic rings. The zero-order chi connectivity index (χ0) is 19.3. The molecule has 27 heavy (non-hydrogen) atoms. The average Bonchev–Trinajstić information content (AvgIpc) is 2.67. The number of hydrogen-bond donors (Lipinski definition) is 2. The van der Waals surface area contributed by atoms with Crippen molar-refractivity contribution in [2.45, 2.75) is 12.7 Å². The normalized spacial score (nSPS) is 11.1. The zero-order valence-corrected chi connectivity index (χ0v) is 14.0. The molecule has 2 aromatic carbocycles. The Kier molecular flexibility index (Phi) is 5.35. The first kappa shape index (κ1) is 18.4. The van der Waals surface area contributed by atoms with Gasteiger partial charge in [-0.15, -0.1) is 0 Å². The van der Waals surface area contributed by atoms with Gasteiger partial charge in [0.1, 0.15) is 0 Å². The highest BCUT2D eigenvalue weighted by Crippen LogP contribution is 2.31. The van der Waals surface area contributed by atoms with E-state index in [4.69, 9.17) is 0 Å². The largest absolute Gasteiger partial charge is 0.416 e. The molecule has 0 fully saturated rings. The number of alkyl halides is 3. The number of hydrogen-bond acceptors (Lipinski definition) is 4. The van der Waals surface area contributed by atoms with Crippen molar-refractivity contribution in [1.29, 1.82) is 0 Å². The first-order valence-electron chi connectivity index (χ1n) is 8.00. The number of nitrogens with zero attached hydrogens (tertiary/aromatic N) is 2. The third-order valence-electron chi connectivity index (χ3n) is 3.66. The van der Waals surface area contributed by atoms with Crippen LogP contribution < -0.4 is 10.6 Å². The SMILES string of the molecule is O=C(NCc1ccccc1)c1cnc(Nc2cccc(C(F)(F)F)c2)nc1. The number of aromatic nitrogens is 2. The first-order valence-corrected chi connectivity index (χ1v) is 8.00.